The van der Waals surface area contributed by atoms with Crippen LogP contribution in [0.2, 0.25) is 6.32 Å². The van der Waals surface area contributed by atoms with Gasteiger partial charge in [-0.2, -0.15) is 0 Å². The van der Waals surface area contributed by atoms with Gasteiger partial charge in [0, 0.05) is 18.0 Å². The van der Waals surface area contributed by atoms with Crippen LogP contribution in [0.1, 0.15) is 74.1 Å². The first-order chi connectivity index (χ1) is 12.5. The maximum absolute atomic E-state index is 12.3. The molecular weight excluding hydrogens is 341 g/mol. The molecule has 7 heteroatoms. The van der Waals surface area contributed by atoms with Gasteiger partial charge in [0.2, 0.25) is 5.91 Å². The van der Waals surface area contributed by atoms with E-state index in [-0.39, 0.29) is 17.4 Å². The zero-order valence-electron chi connectivity index (χ0n) is 19.5. The first-order valence-electron chi connectivity index (χ1n) is 10.5. The van der Waals surface area contributed by atoms with Crippen molar-refractivity contribution in [2.75, 3.05) is 27.2 Å². The zero-order valence-corrected chi connectivity index (χ0v) is 19.5. The standard InChI is InChI=1S/C14H28N2O.C2H7BO2.C2H7N.C2H6/c1-14(2,3)15-13(17)12-9-7-6-8-11(12)10-16(4)5;1-2-3(4)5;1-2-3;1-2/h11-12H,6-10H2,1-5H3,(H,15,17);4-5H,2H2,1H3;2-3H2,1H3;1-2H3. The van der Waals surface area contributed by atoms with Crippen LogP contribution in [-0.4, -0.2) is 60.7 Å². The normalized spacial score (nSPS) is 18.7. The van der Waals surface area contributed by atoms with E-state index in [4.69, 9.17) is 15.8 Å². The number of rotatable bonds is 4. The molecule has 0 heterocycles. The third kappa shape index (κ3) is 21.5. The third-order valence-corrected chi connectivity index (χ3v) is 3.71. The first-order valence-corrected chi connectivity index (χ1v) is 10.5. The highest BCUT2D eigenvalue weighted by atomic mass is 16.4. The van der Waals surface area contributed by atoms with Crippen molar-refractivity contribution in [2.45, 2.75) is 86.0 Å². The summed E-state index contributed by atoms with van der Waals surface area (Å²) < 4.78 is 0. The lowest BCUT2D eigenvalue weighted by Crippen LogP contribution is -2.47. The maximum Gasteiger partial charge on any atom is 0.451 e. The van der Waals surface area contributed by atoms with E-state index in [2.05, 4.69) is 45.1 Å². The molecule has 5 N–H and O–H groups in total. The molecule has 0 aliphatic heterocycles. The third-order valence-electron chi connectivity index (χ3n) is 3.71. The zero-order chi connectivity index (χ0) is 22.0. The van der Waals surface area contributed by atoms with E-state index in [0.29, 0.717) is 12.2 Å². The Balaban J connectivity index is -0.000000481. The van der Waals surface area contributed by atoms with Crippen molar-refractivity contribution in [1.29, 1.82) is 0 Å². The van der Waals surface area contributed by atoms with Crippen LogP contribution >= 0.6 is 0 Å². The molecule has 0 aromatic rings. The van der Waals surface area contributed by atoms with Crippen LogP contribution in [0.5, 0.6) is 0 Å². The molecule has 1 fully saturated rings. The lowest BCUT2D eigenvalue weighted by Gasteiger charge is -2.34. The molecule has 0 aromatic carbocycles. The summed E-state index contributed by atoms with van der Waals surface area (Å²) >= 11 is 0. The second-order valence-electron chi connectivity index (χ2n) is 7.95. The van der Waals surface area contributed by atoms with Gasteiger partial charge in [0.25, 0.3) is 0 Å². The van der Waals surface area contributed by atoms with E-state index >= 15 is 0 Å². The largest absolute Gasteiger partial charge is 0.451 e. The van der Waals surface area contributed by atoms with Gasteiger partial charge in [-0.25, -0.2) is 0 Å². The molecule has 1 aliphatic carbocycles. The lowest BCUT2D eigenvalue weighted by molar-refractivity contribution is -0.129. The molecule has 1 amide bonds. The number of nitrogens with one attached hydrogen (secondary N) is 1. The van der Waals surface area contributed by atoms with Crippen molar-refractivity contribution < 1.29 is 14.8 Å². The van der Waals surface area contributed by atoms with E-state index in [1.165, 1.54) is 19.3 Å². The lowest BCUT2D eigenvalue weighted by atomic mass is 9.78. The average Bonchev–Trinajstić information content (AvgIpc) is 2.56. The molecule has 2 atom stereocenters. The van der Waals surface area contributed by atoms with Crippen LogP contribution in [0.3, 0.4) is 0 Å². The summed E-state index contributed by atoms with van der Waals surface area (Å²) in [5, 5.41) is 19.0. The summed E-state index contributed by atoms with van der Waals surface area (Å²) in [5.41, 5.74) is 4.73. The second kappa shape index (κ2) is 18.7. The van der Waals surface area contributed by atoms with Crippen LogP contribution in [-0.2, 0) is 4.79 Å². The molecule has 0 saturated heterocycles. The molecule has 0 bridgehead atoms. The Morgan fingerprint density at radius 1 is 1.15 bits per heavy atom. The summed E-state index contributed by atoms with van der Waals surface area (Å²) in [7, 11) is 3.07. The molecule has 6 nitrogen and oxygen atoms in total. The van der Waals surface area contributed by atoms with Crippen LogP contribution in [0.25, 0.3) is 0 Å². The topological polar surface area (TPSA) is 98.8 Å². The summed E-state index contributed by atoms with van der Waals surface area (Å²) in [6.07, 6.45) is 5.14. The Hall–Kier alpha value is -0.625. The quantitative estimate of drug-likeness (QED) is 0.554. The van der Waals surface area contributed by atoms with Gasteiger partial charge >= 0.3 is 7.12 Å². The summed E-state index contributed by atoms with van der Waals surface area (Å²) in [5.74, 6) is 0.996. The van der Waals surface area contributed by atoms with Crippen molar-refractivity contribution in [3.8, 4) is 0 Å². The van der Waals surface area contributed by atoms with Gasteiger partial charge in [0.1, 0.15) is 0 Å². The molecule has 0 spiro atoms. The Morgan fingerprint density at radius 3 is 1.89 bits per heavy atom. The summed E-state index contributed by atoms with van der Waals surface area (Å²) in [6, 6.07) is 0. The highest BCUT2D eigenvalue weighted by molar-refractivity contribution is 6.40. The number of nitrogens with zero attached hydrogens (tertiary/aromatic N) is 1. The minimum atomic E-state index is -1.12. The summed E-state index contributed by atoms with van der Waals surface area (Å²) in [4.78, 5) is 14.5. The van der Waals surface area contributed by atoms with Gasteiger partial charge in [-0.05, 0) is 66.5 Å². The monoisotopic (exact) mass is 389 g/mol. The molecule has 1 rings (SSSR count). The van der Waals surface area contributed by atoms with Crippen molar-refractivity contribution in [1.82, 2.24) is 10.2 Å². The van der Waals surface area contributed by atoms with E-state index < -0.39 is 7.12 Å². The van der Waals surface area contributed by atoms with E-state index in [1.807, 2.05) is 20.8 Å². The minimum absolute atomic E-state index is 0.114. The van der Waals surface area contributed by atoms with Gasteiger partial charge < -0.3 is 26.0 Å². The molecule has 0 aromatic heterocycles. The average molecular weight is 389 g/mol. The van der Waals surface area contributed by atoms with Gasteiger partial charge in [0.15, 0.2) is 0 Å². The fraction of sp³-hybridized carbons (Fsp3) is 0.950. The van der Waals surface area contributed by atoms with Crippen molar-refractivity contribution in [3.63, 3.8) is 0 Å². The number of amides is 1. The molecule has 2 unspecified atom stereocenters. The number of carbonyl (C=O) groups excluding carboxylic acids is 1. The van der Waals surface area contributed by atoms with E-state index in [9.17, 15) is 4.79 Å². The number of nitrogens with two attached hydrogens (primary N) is 1. The molecule has 164 valence electrons. The molecule has 1 aliphatic rings. The SMILES string of the molecule is CC.CCB(O)O.CCN.CN(C)CC1CCCCC1C(=O)NC(C)(C)C. The fourth-order valence-corrected chi connectivity index (χ4v) is 2.70. The minimum Gasteiger partial charge on any atom is -0.427 e. The van der Waals surface area contributed by atoms with Gasteiger partial charge in [0.05, 0.1) is 0 Å². The van der Waals surface area contributed by atoms with Crippen molar-refractivity contribution in [2.24, 2.45) is 17.6 Å². The highest BCUT2D eigenvalue weighted by Crippen LogP contribution is 2.31. The number of hydrogen-bond donors (Lipinski definition) is 4. The first kappa shape index (κ1) is 31.1. The van der Waals surface area contributed by atoms with Crippen LogP contribution in [0, 0.1) is 11.8 Å². The van der Waals surface area contributed by atoms with Crippen molar-refractivity contribution in [3.05, 3.63) is 0 Å². The van der Waals surface area contributed by atoms with Crippen LogP contribution in [0.15, 0.2) is 0 Å². The van der Waals surface area contributed by atoms with E-state index in [1.54, 1.807) is 6.92 Å². The fourth-order valence-electron chi connectivity index (χ4n) is 2.70. The summed E-state index contributed by atoms with van der Waals surface area (Å²) in [6.45, 7) is 15.5. The maximum atomic E-state index is 12.3. The second-order valence-corrected chi connectivity index (χ2v) is 7.95. The smallest absolute Gasteiger partial charge is 0.427 e. The van der Waals surface area contributed by atoms with E-state index in [0.717, 1.165) is 19.5 Å². The molecular formula is C20H48BN3O3. The Bertz CT molecular complexity index is 335. The van der Waals surface area contributed by atoms with Gasteiger partial charge in [-0.15, -0.1) is 0 Å². The Morgan fingerprint density at radius 2 is 1.56 bits per heavy atom. The Labute approximate surface area is 169 Å². The Kier molecular flexibility index (Phi) is 21.6. The molecule has 1 saturated carbocycles. The predicted molar refractivity (Wildman–Crippen MR) is 119 cm³/mol. The number of hydrogen-bond acceptors (Lipinski definition) is 5. The van der Waals surface area contributed by atoms with Gasteiger partial charge in [-0.3, -0.25) is 4.79 Å². The van der Waals surface area contributed by atoms with Crippen LogP contribution in [0.4, 0.5) is 0 Å². The molecule has 0 radical (unpaired) electrons. The van der Waals surface area contributed by atoms with Crippen LogP contribution < -0.4 is 11.1 Å². The number of carbonyl (C=O) groups is 1. The molecule has 27 heavy (non-hydrogen) atoms. The predicted octanol–water partition coefficient (Wildman–Crippen LogP) is 2.74. The van der Waals surface area contributed by atoms with Crippen molar-refractivity contribution >= 4 is 13.0 Å². The van der Waals surface area contributed by atoms with Gasteiger partial charge in [-0.1, -0.05) is 40.5 Å². The highest BCUT2D eigenvalue weighted by Gasteiger charge is 2.32.